The Morgan fingerprint density at radius 2 is 2.00 bits per heavy atom. The molecule has 6 nitrogen and oxygen atoms in total. The topological polar surface area (TPSA) is 89.3 Å². The molecular weight excluding hydrogens is 288 g/mol. The average molecular weight is 312 g/mol. The van der Waals surface area contributed by atoms with Crippen LogP contribution < -0.4 is 16.4 Å². The van der Waals surface area contributed by atoms with Gasteiger partial charge < -0.3 is 21.1 Å². The normalized spacial score (nSPS) is 19.3. The smallest absolute Gasteiger partial charge is 0.265 e. The molecule has 1 aromatic rings. The van der Waals surface area contributed by atoms with E-state index in [4.69, 9.17) is 10.5 Å². The molecule has 0 aromatic carbocycles. The molecule has 1 aliphatic carbocycles. The second-order valence-electron chi connectivity index (χ2n) is 6.50. The molecule has 0 spiro atoms. The number of anilines is 2. The van der Waals surface area contributed by atoms with Crippen molar-refractivity contribution in [3.05, 3.63) is 4.88 Å². The summed E-state index contributed by atoms with van der Waals surface area (Å²) in [5.41, 5.74) is 6.04. The van der Waals surface area contributed by atoms with Crippen LogP contribution in [0.5, 0.6) is 0 Å². The molecule has 2 rings (SSSR count). The van der Waals surface area contributed by atoms with E-state index < -0.39 is 0 Å². The molecule has 118 valence electrons. The van der Waals surface area contributed by atoms with Gasteiger partial charge in [-0.1, -0.05) is 39.0 Å². The van der Waals surface area contributed by atoms with E-state index in [2.05, 4.69) is 43.3 Å². The summed E-state index contributed by atoms with van der Waals surface area (Å²) in [5.74, 6) is 0.127. The monoisotopic (exact) mass is 312 g/mol. The summed E-state index contributed by atoms with van der Waals surface area (Å²) in [6, 6.07) is 0.156. The van der Waals surface area contributed by atoms with Gasteiger partial charge in [0, 0.05) is 19.7 Å². The number of ether oxygens (including phenoxy) is 1. The van der Waals surface area contributed by atoms with Crippen molar-refractivity contribution in [2.75, 3.05) is 31.3 Å². The molecule has 1 aliphatic rings. The van der Waals surface area contributed by atoms with Crippen LogP contribution in [0.2, 0.25) is 0 Å². The van der Waals surface area contributed by atoms with E-state index in [0.29, 0.717) is 23.2 Å². The van der Waals surface area contributed by atoms with Gasteiger partial charge >= 0.3 is 0 Å². The summed E-state index contributed by atoms with van der Waals surface area (Å²) in [4.78, 5) is 17.0. The number of nitrogens with zero attached hydrogens (tertiary/aromatic N) is 1. The van der Waals surface area contributed by atoms with Crippen LogP contribution in [0.15, 0.2) is 0 Å². The highest BCUT2D eigenvalue weighted by atomic mass is 32.1. The molecule has 0 aliphatic heterocycles. The second kappa shape index (κ2) is 5.46. The van der Waals surface area contributed by atoms with Crippen LogP contribution in [0, 0.1) is 10.8 Å². The Hall–Kier alpha value is -1.34. The first-order chi connectivity index (χ1) is 9.71. The third-order valence-corrected chi connectivity index (χ3v) is 5.77. The van der Waals surface area contributed by atoms with Gasteiger partial charge in [0.1, 0.15) is 10.7 Å². The van der Waals surface area contributed by atoms with Gasteiger partial charge in [0.05, 0.1) is 6.61 Å². The number of amides is 1. The van der Waals surface area contributed by atoms with Crippen molar-refractivity contribution in [1.29, 1.82) is 0 Å². The lowest BCUT2D eigenvalue weighted by atomic mass is 10.0. The predicted octanol–water partition coefficient (Wildman–Crippen LogP) is 1.95. The minimum atomic E-state index is -0.145. The molecular formula is C14H24N4O2S. The van der Waals surface area contributed by atoms with Crippen LogP contribution in [0.1, 0.15) is 37.4 Å². The molecule has 1 saturated carbocycles. The van der Waals surface area contributed by atoms with Gasteiger partial charge in [-0.05, 0) is 10.8 Å². The standard InChI is InChI=1S/C14H24N4O2S/c1-13(2)11(14(13,3)4)18-10(19)8-9(15)17-12(21-8)16-6-7-20-5/h11H,6-7,15H2,1-5H3,(H,16,17)(H,18,19). The number of nitrogens with two attached hydrogens (primary N) is 1. The van der Waals surface area contributed by atoms with Crippen LogP contribution in [-0.2, 0) is 4.74 Å². The molecule has 0 unspecified atom stereocenters. The van der Waals surface area contributed by atoms with Crippen molar-refractivity contribution in [3.63, 3.8) is 0 Å². The minimum Gasteiger partial charge on any atom is -0.383 e. The zero-order chi connectivity index (χ0) is 15.8. The van der Waals surface area contributed by atoms with Gasteiger partial charge in [-0.15, -0.1) is 0 Å². The van der Waals surface area contributed by atoms with E-state index in [0.717, 1.165) is 0 Å². The molecule has 4 N–H and O–H groups in total. The van der Waals surface area contributed by atoms with Crippen LogP contribution in [0.4, 0.5) is 10.9 Å². The van der Waals surface area contributed by atoms with Crippen molar-refractivity contribution >= 4 is 28.2 Å². The van der Waals surface area contributed by atoms with Gasteiger partial charge in [0.15, 0.2) is 5.13 Å². The van der Waals surface area contributed by atoms with Crippen LogP contribution in [-0.4, -0.2) is 37.2 Å². The number of rotatable bonds is 6. The Balaban J connectivity index is 2.00. The number of thiazole rings is 1. The zero-order valence-electron chi connectivity index (χ0n) is 13.2. The Morgan fingerprint density at radius 3 is 2.52 bits per heavy atom. The third kappa shape index (κ3) is 2.85. The molecule has 0 bridgehead atoms. The Morgan fingerprint density at radius 1 is 1.38 bits per heavy atom. The summed E-state index contributed by atoms with van der Waals surface area (Å²) in [7, 11) is 1.63. The second-order valence-corrected chi connectivity index (χ2v) is 7.50. The molecule has 0 saturated heterocycles. The maximum atomic E-state index is 12.4. The maximum Gasteiger partial charge on any atom is 0.265 e. The Kier molecular flexibility index (Phi) is 4.17. The van der Waals surface area contributed by atoms with E-state index in [1.807, 2.05) is 0 Å². The first-order valence-electron chi connectivity index (χ1n) is 7.01. The zero-order valence-corrected chi connectivity index (χ0v) is 14.1. The lowest BCUT2D eigenvalue weighted by Gasteiger charge is -2.05. The van der Waals surface area contributed by atoms with Crippen LogP contribution in [0.3, 0.4) is 0 Å². The van der Waals surface area contributed by atoms with Crippen LogP contribution in [0.25, 0.3) is 0 Å². The van der Waals surface area contributed by atoms with Crippen molar-refractivity contribution in [1.82, 2.24) is 10.3 Å². The molecule has 1 amide bonds. The van der Waals surface area contributed by atoms with Gasteiger partial charge in [0.25, 0.3) is 5.91 Å². The lowest BCUT2D eigenvalue weighted by molar-refractivity contribution is 0.0948. The number of hydrogen-bond acceptors (Lipinski definition) is 6. The average Bonchev–Trinajstić information content (AvgIpc) is 2.71. The fraction of sp³-hybridized carbons (Fsp3) is 0.714. The Bertz CT molecular complexity index is 525. The first-order valence-corrected chi connectivity index (χ1v) is 7.83. The number of carbonyl (C=O) groups excluding carboxylic acids is 1. The molecule has 21 heavy (non-hydrogen) atoms. The fourth-order valence-corrected chi connectivity index (χ4v) is 3.40. The maximum absolute atomic E-state index is 12.4. The summed E-state index contributed by atoms with van der Waals surface area (Å²) >= 11 is 1.27. The summed E-state index contributed by atoms with van der Waals surface area (Å²) in [6.45, 7) is 9.84. The molecule has 1 heterocycles. The minimum absolute atomic E-state index is 0.0989. The van der Waals surface area contributed by atoms with Gasteiger partial charge in [-0.2, -0.15) is 0 Å². The number of nitrogen functional groups attached to an aromatic ring is 1. The van der Waals surface area contributed by atoms with E-state index >= 15 is 0 Å². The predicted molar refractivity (Wildman–Crippen MR) is 85.7 cm³/mol. The number of methoxy groups -OCH3 is 1. The van der Waals surface area contributed by atoms with Gasteiger partial charge in [0.2, 0.25) is 0 Å². The van der Waals surface area contributed by atoms with E-state index in [-0.39, 0.29) is 28.6 Å². The summed E-state index contributed by atoms with van der Waals surface area (Å²) < 4.78 is 4.96. The molecule has 1 fully saturated rings. The largest absolute Gasteiger partial charge is 0.383 e. The summed E-state index contributed by atoms with van der Waals surface area (Å²) in [5, 5.41) is 6.80. The Labute approximate surface area is 129 Å². The fourth-order valence-electron chi connectivity index (χ4n) is 2.58. The SMILES string of the molecule is COCCNc1nc(N)c(C(=O)NC2C(C)(C)C2(C)C)s1. The van der Waals surface area contributed by atoms with Crippen molar-refractivity contribution in [2.24, 2.45) is 10.8 Å². The highest BCUT2D eigenvalue weighted by Crippen LogP contribution is 2.62. The highest BCUT2D eigenvalue weighted by Gasteiger charge is 2.65. The van der Waals surface area contributed by atoms with Crippen LogP contribution >= 0.6 is 11.3 Å². The quantitative estimate of drug-likeness (QED) is 0.699. The highest BCUT2D eigenvalue weighted by molar-refractivity contribution is 7.18. The molecule has 1 aromatic heterocycles. The van der Waals surface area contributed by atoms with E-state index in [1.165, 1.54) is 11.3 Å². The van der Waals surface area contributed by atoms with Gasteiger partial charge in [-0.3, -0.25) is 4.79 Å². The molecule has 0 atom stereocenters. The lowest BCUT2D eigenvalue weighted by Crippen LogP contribution is -2.29. The number of aromatic nitrogens is 1. The molecule has 0 radical (unpaired) electrons. The van der Waals surface area contributed by atoms with Crippen molar-refractivity contribution < 1.29 is 9.53 Å². The third-order valence-electron chi connectivity index (χ3n) is 4.74. The van der Waals surface area contributed by atoms with Crippen molar-refractivity contribution in [2.45, 2.75) is 33.7 Å². The number of hydrogen-bond donors (Lipinski definition) is 3. The number of carbonyl (C=O) groups is 1. The van der Waals surface area contributed by atoms with Gasteiger partial charge in [-0.25, -0.2) is 4.98 Å². The molecule has 7 heteroatoms. The summed E-state index contributed by atoms with van der Waals surface area (Å²) in [6.07, 6.45) is 0. The van der Waals surface area contributed by atoms with Crippen molar-refractivity contribution in [3.8, 4) is 0 Å². The van der Waals surface area contributed by atoms with E-state index in [9.17, 15) is 4.79 Å². The van der Waals surface area contributed by atoms with E-state index in [1.54, 1.807) is 7.11 Å². The first kappa shape index (κ1) is 16.0. The number of nitrogens with one attached hydrogen (secondary N) is 2.